The summed E-state index contributed by atoms with van der Waals surface area (Å²) in [6, 6.07) is 17.7. The number of rotatable bonds is 3. The van der Waals surface area contributed by atoms with Crippen molar-refractivity contribution in [1.82, 2.24) is 0 Å². The molecule has 4 nitrogen and oxygen atoms in total. The minimum absolute atomic E-state index is 0.0982. The van der Waals surface area contributed by atoms with Crippen LogP contribution in [0.2, 0.25) is 0 Å². The van der Waals surface area contributed by atoms with Crippen molar-refractivity contribution in [3.8, 4) is 11.5 Å². The molecule has 0 atom stereocenters. The minimum atomic E-state index is -3.85. The maximum Gasteiger partial charge on any atom is 0.339 e. The quantitative estimate of drug-likeness (QED) is 0.754. The SMILES string of the molecule is O=S(=O)(Oc1ccc2ccc(O)cc2c1)c1ccccc1. The average Bonchev–Trinajstić information content (AvgIpc) is 2.47. The van der Waals surface area contributed by atoms with Gasteiger partial charge in [-0.15, -0.1) is 0 Å². The van der Waals surface area contributed by atoms with Crippen LogP contribution in [0.15, 0.2) is 71.6 Å². The zero-order valence-corrected chi connectivity index (χ0v) is 11.7. The number of phenolic OH excluding ortho intramolecular Hbond substituents is 1. The zero-order chi connectivity index (χ0) is 14.9. The van der Waals surface area contributed by atoms with Gasteiger partial charge in [0, 0.05) is 0 Å². The highest BCUT2D eigenvalue weighted by atomic mass is 32.2. The first kappa shape index (κ1) is 13.5. The molecule has 3 aromatic rings. The lowest BCUT2D eigenvalue weighted by Gasteiger charge is -2.08. The van der Waals surface area contributed by atoms with Gasteiger partial charge in [-0.3, -0.25) is 0 Å². The second kappa shape index (κ2) is 5.10. The number of hydrogen-bond acceptors (Lipinski definition) is 4. The van der Waals surface area contributed by atoms with Crippen molar-refractivity contribution in [2.24, 2.45) is 0 Å². The molecule has 3 rings (SSSR count). The molecule has 5 heteroatoms. The zero-order valence-electron chi connectivity index (χ0n) is 10.9. The van der Waals surface area contributed by atoms with Crippen LogP contribution in [0.5, 0.6) is 11.5 Å². The number of hydrogen-bond donors (Lipinski definition) is 1. The maximum absolute atomic E-state index is 12.1. The van der Waals surface area contributed by atoms with E-state index < -0.39 is 10.1 Å². The fourth-order valence-electron chi connectivity index (χ4n) is 2.03. The van der Waals surface area contributed by atoms with Crippen molar-refractivity contribution in [3.63, 3.8) is 0 Å². The van der Waals surface area contributed by atoms with Crippen LogP contribution in [-0.4, -0.2) is 13.5 Å². The highest BCUT2D eigenvalue weighted by Crippen LogP contribution is 2.26. The van der Waals surface area contributed by atoms with E-state index in [0.29, 0.717) is 5.39 Å². The predicted octanol–water partition coefficient (Wildman–Crippen LogP) is 3.31. The topological polar surface area (TPSA) is 63.6 Å². The monoisotopic (exact) mass is 300 g/mol. The van der Waals surface area contributed by atoms with Gasteiger partial charge in [-0.1, -0.05) is 30.3 Å². The summed E-state index contributed by atoms with van der Waals surface area (Å²) >= 11 is 0. The minimum Gasteiger partial charge on any atom is -0.508 e. The summed E-state index contributed by atoms with van der Waals surface area (Å²) in [5.74, 6) is 0.322. The summed E-state index contributed by atoms with van der Waals surface area (Å²) in [4.78, 5) is 0.0982. The van der Waals surface area contributed by atoms with Crippen molar-refractivity contribution in [3.05, 3.63) is 66.7 Å². The van der Waals surface area contributed by atoms with Crippen molar-refractivity contribution in [2.75, 3.05) is 0 Å². The van der Waals surface area contributed by atoms with Gasteiger partial charge in [0.15, 0.2) is 0 Å². The molecule has 3 aromatic carbocycles. The maximum atomic E-state index is 12.1. The summed E-state index contributed by atoms with van der Waals surface area (Å²) in [6.07, 6.45) is 0. The van der Waals surface area contributed by atoms with E-state index in [1.807, 2.05) is 0 Å². The Labute approximate surface area is 122 Å². The highest BCUT2D eigenvalue weighted by molar-refractivity contribution is 7.87. The van der Waals surface area contributed by atoms with Crippen LogP contribution in [0.4, 0.5) is 0 Å². The lowest BCUT2D eigenvalue weighted by Crippen LogP contribution is -2.09. The smallest absolute Gasteiger partial charge is 0.339 e. The fraction of sp³-hybridized carbons (Fsp3) is 0. The Balaban J connectivity index is 1.98. The first-order chi connectivity index (χ1) is 10.0. The molecule has 0 aliphatic rings. The van der Waals surface area contributed by atoms with Gasteiger partial charge in [-0.25, -0.2) is 0 Å². The molecular formula is C16H12O4S. The molecule has 1 N–H and O–H groups in total. The lowest BCUT2D eigenvalue weighted by molar-refractivity contribution is 0.476. The van der Waals surface area contributed by atoms with Gasteiger partial charge in [0.2, 0.25) is 0 Å². The largest absolute Gasteiger partial charge is 0.508 e. The van der Waals surface area contributed by atoms with Crippen LogP contribution in [0.3, 0.4) is 0 Å². The molecule has 0 spiro atoms. The van der Waals surface area contributed by atoms with Crippen LogP contribution in [0, 0.1) is 0 Å². The Kier molecular flexibility index (Phi) is 3.27. The van der Waals surface area contributed by atoms with Gasteiger partial charge in [0.1, 0.15) is 16.4 Å². The predicted molar refractivity (Wildman–Crippen MR) is 79.9 cm³/mol. The number of benzene rings is 3. The molecule has 0 aromatic heterocycles. The summed E-state index contributed by atoms with van der Waals surface area (Å²) in [6.45, 7) is 0. The standard InChI is InChI=1S/C16H12O4S/c17-14-8-6-12-7-9-15(11-13(12)10-14)20-21(18,19)16-4-2-1-3-5-16/h1-11,17H. The van der Waals surface area contributed by atoms with Gasteiger partial charge < -0.3 is 9.29 Å². The molecule has 0 saturated heterocycles. The number of phenols is 1. The fourth-order valence-corrected chi connectivity index (χ4v) is 2.97. The van der Waals surface area contributed by atoms with Crippen molar-refractivity contribution in [2.45, 2.75) is 4.90 Å². The summed E-state index contributed by atoms with van der Waals surface area (Å²) in [7, 11) is -3.85. The lowest BCUT2D eigenvalue weighted by atomic mass is 10.1. The van der Waals surface area contributed by atoms with Crippen LogP contribution < -0.4 is 4.18 Å². The van der Waals surface area contributed by atoms with Gasteiger partial charge in [-0.2, -0.15) is 8.42 Å². The van der Waals surface area contributed by atoms with E-state index in [0.717, 1.165) is 5.39 Å². The molecule has 0 bridgehead atoms. The van der Waals surface area contributed by atoms with Crippen molar-refractivity contribution >= 4 is 20.9 Å². The third kappa shape index (κ3) is 2.83. The van der Waals surface area contributed by atoms with Crippen LogP contribution in [0.1, 0.15) is 0 Å². The van der Waals surface area contributed by atoms with Crippen molar-refractivity contribution in [1.29, 1.82) is 0 Å². The molecule has 0 unspecified atom stereocenters. The van der Waals surface area contributed by atoms with E-state index in [9.17, 15) is 13.5 Å². The molecule has 0 aliphatic carbocycles. The molecule has 0 fully saturated rings. The Hall–Kier alpha value is -2.53. The second-order valence-corrected chi connectivity index (χ2v) is 6.09. The van der Waals surface area contributed by atoms with Crippen molar-refractivity contribution < 1.29 is 17.7 Å². The van der Waals surface area contributed by atoms with Crippen LogP contribution >= 0.6 is 0 Å². The normalized spacial score (nSPS) is 11.4. The molecule has 0 heterocycles. The van der Waals surface area contributed by atoms with Gasteiger partial charge in [0.25, 0.3) is 0 Å². The first-order valence-corrected chi connectivity index (χ1v) is 7.68. The van der Waals surface area contributed by atoms with E-state index in [2.05, 4.69) is 0 Å². The Morgan fingerprint density at radius 3 is 2.29 bits per heavy atom. The first-order valence-electron chi connectivity index (χ1n) is 6.27. The highest BCUT2D eigenvalue weighted by Gasteiger charge is 2.16. The molecule has 0 amide bonds. The Morgan fingerprint density at radius 2 is 1.52 bits per heavy atom. The summed E-state index contributed by atoms with van der Waals surface area (Å²) in [5, 5.41) is 11.1. The van der Waals surface area contributed by atoms with E-state index in [1.165, 1.54) is 12.1 Å². The Bertz CT molecular complexity index is 887. The molecule has 21 heavy (non-hydrogen) atoms. The van der Waals surface area contributed by atoms with Crippen LogP contribution in [-0.2, 0) is 10.1 Å². The van der Waals surface area contributed by atoms with Gasteiger partial charge >= 0.3 is 10.1 Å². The molecule has 0 saturated carbocycles. The molecular weight excluding hydrogens is 288 g/mol. The third-order valence-electron chi connectivity index (χ3n) is 3.03. The average molecular weight is 300 g/mol. The van der Waals surface area contributed by atoms with Crippen LogP contribution in [0.25, 0.3) is 10.8 Å². The Morgan fingerprint density at radius 1 is 0.810 bits per heavy atom. The van der Waals surface area contributed by atoms with E-state index in [1.54, 1.807) is 54.6 Å². The summed E-state index contributed by atoms with van der Waals surface area (Å²) < 4.78 is 29.4. The molecule has 0 aliphatic heterocycles. The molecule has 106 valence electrons. The summed E-state index contributed by atoms with van der Waals surface area (Å²) in [5.41, 5.74) is 0. The van der Waals surface area contributed by atoms with E-state index >= 15 is 0 Å². The number of fused-ring (bicyclic) bond motifs is 1. The molecule has 0 radical (unpaired) electrons. The van der Waals surface area contributed by atoms with Gasteiger partial charge in [-0.05, 0) is 47.2 Å². The number of aromatic hydroxyl groups is 1. The second-order valence-electron chi connectivity index (χ2n) is 4.54. The third-order valence-corrected chi connectivity index (χ3v) is 4.29. The van der Waals surface area contributed by atoms with E-state index in [-0.39, 0.29) is 16.4 Å². The van der Waals surface area contributed by atoms with E-state index in [4.69, 9.17) is 4.18 Å². The van der Waals surface area contributed by atoms with Gasteiger partial charge in [0.05, 0.1) is 0 Å².